The first-order valence-corrected chi connectivity index (χ1v) is 9.59. The average molecular weight is 439 g/mol. The number of nitro benzene ring substituents is 1. The van der Waals surface area contributed by atoms with Crippen LogP contribution < -0.4 is 16.6 Å². The van der Waals surface area contributed by atoms with Crippen LogP contribution in [0.5, 0.6) is 0 Å². The predicted molar refractivity (Wildman–Crippen MR) is 113 cm³/mol. The first-order valence-electron chi connectivity index (χ1n) is 8.77. The molecule has 1 fully saturated rings. The zero-order valence-corrected chi connectivity index (χ0v) is 16.4. The predicted octanol–water partition coefficient (Wildman–Crippen LogP) is 1.89. The summed E-state index contributed by atoms with van der Waals surface area (Å²) in [6, 6.07) is 9.24. The lowest BCUT2D eigenvalue weighted by Gasteiger charge is -2.04. The lowest BCUT2D eigenvalue weighted by Crippen LogP contribution is -2.31. The number of para-hydroxylation sites is 1. The normalized spacial score (nSPS) is 14.8. The topological polar surface area (TPSA) is 164 Å². The van der Waals surface area contributed by atoms with Gasteiger partial charge in [-0.15, -0.1) is 0 Å². The number of carbonyl (C=O) groups is 1. The Labute approximate surface area is 177 Å². The fourth-order valence-electron chi connectivity index (χ4n) is 2.95. The maximum absolute atomic E-state index is 12.2. The molecule has 0 spiro atoms. The molecule has 0 atom stereocenters. The van der Waals surface area contributed by atoms with Crippen molar-refractivity contribution in [1.29, 1.82) is 5.41 Å². The number of hydrogen-bond donors (Lipinski definition) is 3. The van der Waals surface area contributed by atoms with Crippen LogP contribution >= 0.6 is 11.8 Å². The summed E-state index contributed by atoms with van der Waals surface area (Å²) in [4.78, 5) is 49.1. The number of benzene rings is 1. The standard InChI is InChI=1S/C19H13N5O6S/c20-18-21-17(26)15(31-18)7-10-8-23(19(27)22-16(10)25)9-11-5-6-14(30-11)12-3-1-2-4-13(12)24(28)29/h1-8H,9H2,(H2,20,21,26)(H,22,25,27)/b15-7+. The number of nitrogens with zero attached hydrogens (tertiary/aromatic N) is 2. The SMILES string of the molecule is N=C1NC(=O)/C(=C\c2cn(Cc3ccc(-c4ccccc4[N+](=O)[O-])o3)c(=O)[nH]c2=O)S1. The van der Waals surface area contributed by atoms with Crippen molar-refractivity contribution in [3.63, 3.8) is 0 Å². The number of thioether (sulfide) groups is 1. The zero-order chi connectivity index (χ0) is 22.1. The van der Waals surface area contributed by atoms with E-state index in [-0.39, 0.29) is 33.6 Å². The van der Waals surface area contributed by atoms with Crippen LogP contribution in [0.2, 0.25) is 0 Å². The monoisotopic (exact) mass is 439 g/mol. The Morgan fingerprint density at radius 2 is 1.97 bits per heavy atom. The number of aromatic nitrogens is 2. The Balaban J connectivity index is 1.66. The fourth-order valence-corrected chi connectivity index (χ4v) is 3.64. The summed E-state index contributed by atoms with van der Waals surface area (Å²) in [5.74, 6) is 0.0857. The second-order valence-electron chi connectivity index (χ2n) is 6.41. The molecule has 0 bridgehead atoms. The van der Waals surface area contributed by atoms with Crippen LogP contribution in [0.25, 0.3) is 17.4 Å². The summed E-state index contributed by atoms with van der Waals surface area (Å²) in [7, 11) is 0. The highest BCUT2D eigenvalue weighted by molar-refractivity contribution is 8.18. The van der Waals surface area contributed by atoms with Crippen molar-refractivity contribution in [2.45, 2.75) is 6.54 Å². The number of nitrogens with one attached hydrogen (secondary N) is 3. The molecule has 1 aliphatic rings. The number of nitro groups is 1. The van der Waals surface area contributed by atoms with Gasteiger partial charge in [0.05, 0.1) is 27.5 Å². The van der Waals surface area contributed by atoms with Crippen molar-refractivity contribution < 1.29 is 14.1 Å². The van der Waals surface area contributed by atoms with E-state index in [2.05, 4.69) is 10.3 Å². The number of amidine groups is 1. The molecule has 31 heavy (non-hydrogen) atoms. The molecule has 1 saturated heterocycles. The molecule has 1 aromatic carbocycles. The summed E-state index contributed by atoms with van der Waals surface area (Å²) in [5.41, 5.74) is -1.13. The van der Waals surface area contributed by atoms with Gasteiger partial charge in [-0.25, -0.2) is 4.79 Å². The minimum atomic E-state index is -0.688. The third kappa shape index (κ3) is 4.09. The van der Waals surface area contributed by atoms with Crippen LogP contribution in [-0.2, 0) is 11.3 Å². The highest BCUT2D eigenvalue weighted by atomic mass is 32.2. The van der Waals surface area contributed by atoms with Gasteiger partial charge < -0.3 is 9.73 Å². The van der Waals surface area contributed by atoms with Gasteiger partial charge in [0.15, 0.2) is 5.17 Å². The van der Waals surface area contributed by atoms with Crippen LogP contribution in [-0.4, -0.2) is 25.5 Å². The molecule has 3 heterocycles. The molecular formula is C19H13N5O6S. The summed E-state index contributed by atoms with van der Waals surface area (Å²) in [5, 5.41) is 20.9. The number of aromatic amines is 1. The maximum atomic E-state index is 12.2. The second-order valence-corrected chi connectivity index (χ2v) is 7.46. The Morgan fingerprint density at radius 3 is 2.68 bits per heavy atom. The largest absolute Gasteiger partial charge is 0.459 e. The number of amides is 1. The summed E-state index contributed by atoms with van der Waals surface area (Å²) in [6.45, 7) is -0.0540. The molecule has 12 heteroatoms. The molecule has 3 aromatic rings. The van der Waals surface area contributed by atoms with Crippen LogP contribution in [0.3, 0.4) is 0 Å². The number of carbonyl (C=O) groups excluding carboxylic acids is 1. The first-order chi connectivity index (χ1) is 14.8. The molecule has 1 aliphatic heterocycles. The quantitative estimate of drug-likeness (QED) is 0.310. The minimum Gasteiger partial charge on any atom is -0.459 e. The van der Waals surface area contributed by atoms with Gasteiger partial charge in [0.25, 0.3) is 17.2 Å². The van der Waals surface area contributed by atoms with Crippen molar-refractivity contribution >= 4 is 34.6 Å². The Kier molecular flexibility index (Phi) is 5.13. The molecule has 4 rings (SSSR count). The van der Waals surface area contributed by atoms with Gasteiger partial charge in [0.1, 0.15) is 11.5 Å². The minimum absolute atomic E-state index is 0.0532. The number of furan rings is 1. The van der Waals surface area contributed by atoms with Gasteiger partial charge in [-0.3, -0.25) is 34.7 Å². The second kappa shape index (κ2) is 7.91. The average Bonchev–Trinajstić information content (AvgIpc) is 3.31. The highest BCUT2D eigenvalue weighted by Gasteiger charge is 2.23. The zero-order valence-electron chi connectivity index (χ0n) is 15.6. The van der Waals surface area contributed by atoms with E-state index in [1.807, 2.05) is 0 Å². The molecule has 156 valence electrons. The molecular weight excluding hydrogens is 426 g/mol. The number of rotatable bonds is 5. The summed E-state index contributed by atoms with van der Waals surface area (Å²) < 4.78 is 6.87. The highest BCUT2D eigenvalue weighted by Crippen LogP contribution is 2.31. The molecule has 0 saturated carbocycles. The molecule has 2 aromatic heterocycles. The number of hydrogen-bond acceptors (Lipinski definition) is 8. The van der Waals surface area contributed by atoms with Crippen molar-refractivity contribution in [3.05, 3.63) is 89.8 Å². The van der Waals surface area contributed by atoms with E-state index in [0.29, 0.717) is 11.3 Å². The summed E-state index contributed by atoms with van der Waals surface area (Å²) >= 11 is 0.866. The van der Waals surface area contributed by atoms with Gasteiger partial charge >= 0.3 is 5.69 Å². The van der Waals surface area contributed by atoms with Gasteiger partial charge in [0, 0.05) is 12.3 Å². The van der Waals surface area contributed by atoms with E-state index >= 15 is 0 Å². The molecule has 1 amide bonds. The van der Waals surface area contributed by atoms with E-state index in [9.17, 15) is 24.5 Å². The Bertz CT molecular complexity index is 1380. The van der Waals surface area contributed by atoms with E-state index in [1.54, 1.807) is 30.3 Å². The van der Waals surface area contributed by atoms with Crippen molar-refractivity contribution in [3.8, 4) is 11.3 Å². The van der Waals surface area contributed by atoms with Gasteiger partial charge in [-0.05, 0) is 36.0 Å². The van der Waals surface area contributed by atoms with Crippen LogP contribution in [0.4, 0.5) is 5.69 Å². The van der Waals surface area contributed by atoms with E-state index in [4.69, 9.17) is 9.83 Å². The maximum Gasteiger partial charge on any atom is 0.328 e. The van der Waals surface area contributed by atoms with Crippen LogP contribution in [0, 0.1) is 15.5 Å². The lowest BCUT2D eigenvalue weighted by molar-refractivity contribution is -0.384. The smallest absolute Gasteiger partial charge is 0.328 e. The molecule has 11 nitrogen and oxygen atoms in total. The van der Waals surface area contributed by atoms with Crippen LogP contribution in [0.15, 0.2) is 61.5 Å². The third-order valence-electron chi connectivity index (χ3n) is 4.34. The van der Waals surface area contributed by atoms with Crippen molar-refractivity contribution in [1.82, 2.24) is 14.9 Å². The summed E-state index contributed by atoms with van der Waals surface area (Å²) in [6.07, 6.45) is 2.56. The fraction of sp³-hybridized carbons (Fsp3) is 0.0526. The van der Waals surface area contributed by atoms with Gasteiger partial charge in [-0.1, -0.05) is 12.1 Å². The van der Waals surface area contributed by atoms with Gasteiger partial charge in [-0.2, -0.15) is 0 Å². The Hall–Kier alpha value is -4.19. The van der Waals surface area contributed by atoms with Crippen molar-refractivity contribution in [2.75, 3.05) is 0 Å². The first kappa shape index (κ1) is 20.1. The van der Waals surface area contributed by atoms with E-state index in [1.165, 1.54) is 22.9 Å². The number of H-pyrrole nitrogens is 1. The Morgan fingerprint density at radius 1 is 1.19 bits per heavy atom. The van der Waals surface area contributed by atoms with Crippen molar-refractivity contribution in [2.24, 2.45) is 0 Å². The third-order valence-corrected chi connectivity index (χ3v) is 5.17. The van der Waals surface area contributed by atoms with E-state index in [0.717, 1.165) is 11.8 Å². The molecule has 0 aliphatic carbocycles. The molecule has 0 unspecified atom stereocenters. The van der Waals surface area contributed by atoms with Gasteiger partial charge in [0.2, 0.25) is 0 Å². The lowest BCUT2D eigenvalue weighted by atomic mass is 10.1. The molecule has 0 radical (unpaired) electrons. The van der Waals surface area contributed by atoms with Crippen LogP contribution in [0.1, 0.15) is 11.3 Å². The van der Waals surface area contributed by atoms with E-state index < -0.39 is 22.1 Å². The molecule has 3 N–H and O–H groups in total.